The number of aromatic hydroxyl groups is 1. The van der Waals surface area contributed by atoms with E-state index < -0.39 is 30.0 Å². The number of amides is 2. The van der Waals surface area contributed by atoms with Crippen LogP contribution in [0.5, 0.6) is 5.75 Å². The van der Waals surface area contributed by atoms with Crippen LogP contribution in [0.1, 0.15) is 28.9 Å². The van der Waals surface area contributed by atoms with Crippen molar-refractivity contribution in [1.82, 2.24) is 5.32 Å². The molecular formula is C20H17Br2NO6. The van der Waals surface area contributed by atoms with Crippen LogP contribution in [0, 0.1) is 5.92 Å². The van der Waals surface area contributed by atoms with Gasteiger partial charge in [0.1, 0.15) is 11.9 Å². The number of ether oxygens (including phenoxy) is 1. The summed E-state index contributed by atoms with van der Waals surface area (Å²) in [6.07, 6.45) is 0.143. The number of hydrogen-bond acceptors (Lipinski definition) is 5. The van der Waals surface area contributed by atoms with Gasteiger partial charge in [0.25, 0.3) is 5.91 Å². The molecule has 0 aliphatic rings. The third-order valence-electron chi connectivity index (χ3n) is 3.87. The van der Waals surface area contributed by atoms with Crippen molar-refractivity contribution in [1.29, 1.82) is 0 Å². The van der Waals surface area contributed by atoms with E-state index in [1.165, 1.54) is 18.2 Å². The summed E-state index contributed by atoms with van der Waals surface area (Å²) >= 11 is 6.51. The molecule has 2 amide bonds. The van der Waals surface area contributed by atoms with Gasteiger partial charge in [0, 0.05) is 27.6 Å². The Morgan fingerprint density at radius 2 is 1.79 bits per heavy atom. The second-order valence-corrected chi connectivity index (χ2v) is 7.80. The molecule has 2 atom stereocenters. The monoisotopic (exact) mass is 525 g/mol. The number of hydrogen-bond donors (Lipinski definition) is 3. The largest absolute Gasteiger partial charge is 0.506 e. The van der Waals surface area contributed by atoms with Crippen molar-refractivity contribution in [2.24, 2.45) is 5.92 Å². The highest BCUT2D eigenvalue weighted by molar-refractivity contribution is 9.11. The van der Waals surface area contributed by atoms with E-state index in [0.29, 0.717) is 8.95 Å². The maximum absolute atomic E-state index is 12.3. The predicted octanol–water partition coefficient (Wildman–Crippen LogP) is 4.80. The third-order valence-corrected chi connectivity index (χ3v) is 4.93. The van der Waals surface area contributed by atoms with Crippen LogP contribution in [0.25, 0.3) is 0 Å². The summed E-state index contributed by atoms with van der Waals surface area (Å²) in [4.78, 5) is 35.3. The number of benzene rings is 2. The van der Waals surface area contributed by atoms with Crippen molar-refractivity contribution in [3.8, 4) is 5.75 Å². The van der Waals surface area contributed by atoms with Crippen LogP contribution in [0.3, 0.4) is 0 Å². The van der Waals surface area contributed by atoms with Gasteiger partial charge in [-0.25, -0.2) is 9.59 Å². The number of halogens is 2. The van der Waals surface area contributed by atoms with E-state index in [4.69, 9.17) is 9.84 Å². The van der Waals surface area contributed by atoms with Gasteiger partial charge in [-0.15, -0.1) is 0 Å². The van der Waals surface area contributed by atoms with E-state index >= 15 is 0 Å². The van der Waals surface area contributed by atoms with Crippen LogP contribution in [0.15, 0.2) is 63.6 Å². The number of aliphatic carboxylic acids is 1. The Morgan fingerprint density at radius 1 is 1.14 bits per heavy atom. The normalized spacial score (nSPS) is 12.9. The zero-order valence-electron chi connectivity index (χ0n) is 15.1. The van der Waals surface area contributed by atoms with Gasteiger partial charge in [0.2, 0.25) is 0 Å². The molecule has 7 nitrogen and oxygen atoms in total. The van der Waals surface area contributed by atoms with Crippen LogP contribution in [-0.2, 0) is 9.53 Å². The van der Waals surface area contributed by atoms with Gasteiger partial charge >= 0.3 is 12.1 Å². The van der Waals surface area contributed by atoms with Crippen LogP contribution < -0.4 is 5.32 Å². The molecule has 0 radical (unpaired) electrons. The fourth-order valence-corrected chi connectivity index (χ4v) is 3.75. The van der Waals surface area contributed by atoms with E-state index in [0.717, 1.165) is 6.08 Å². The Labute approximate surface area is 183 Å². The average Bonchev–Trinajstić information content (AvgIpc) is 2.67. The van der Waals surface area contributed by atoms with Crippen molar-refractivity contribution < 1.29 is 29.3 Å². The van der Waals surface area contributed by atoms with Gasteiger partial charge in [-0.2, -0.15) is 0 Å². The molecule has 0 saturated carbocycles. The number of carboxylic acid groups (broad SMARTS) is 1. The lowest BCUT2D eigenvalue weighted by Gasteiger charge is -2.24. The van der Waals surface area contributed by atoms with Gasteiger partial charge in [0.05, 0.1) is 4.47 Å². The highest BCUT2D eigenvalue weighted by atomic mass is 79.9. The molecule has 0 saturated heterocycles. The Morgan fingerprint density at radius 3 is 2.41 bits per heavy atom. The number of rotatable bonds is 6. The van der Waals surface area contributed by atoms with Gasteiger partial charge in [-0.1, -0.05) is 47.1 Å². The lowest BCUT2D eigenvalue weighted by atomic mass is 9.96. The van der Waals surface area contributed by atoms with Gasteiger partial charge in [0.15, 0.2) is 0 Å². The molecule has 0 bridgehead atoms. The van der Waals surface area contributed by atoms with Crippen molar-refractivity contribution in [2.45, 2.75) is 13.0 Å². The fraction of sp³-hybridized carbons (Fsp3) is 0.150. The number of carbonyl (C=O) groups is 3. The number of carbonyl (C=O) groups excluding carboxylic acids is 2. The van der Waals surface area contributed by atoms with E-state index in [9.17, 15) is 19.5 Å². The predicted molar refractivity (Wildman–Crippen MR) is 113 cm³/mol. The Bertz CT molecular complexity index is 945. The van der Waals surface area contributed by atoms with Crippen molar-refractivity contribution in [3.63, 3.8) is 0 Å². The van der Waals surface area contributed by atoms with E-state index in [2.05, 4.69) is 37.2 Å². The highest BCUT2D eigenvalue weighted by Gasteiger charge is 2.27. The topological polar surface area (TPSA) is 113 Å². The molecule has 2 aromatic rings. The number of phenols is 1. The minimum atomic E-state index is -1.17. The van der Waals surface area contributed by atoms with Gasteiger partial charge < -0.3 is 14.9 Å². The number of alkyl carbamates (subject to hydrolysis) is 1. The summed E-state index contributed by atoms with van der Waals surface area (Å²) in [5.74, 6) is -2.62. The van der Waals surface area contributed by atoms with Crippen LogP contribution in [-0.4, -0.2) is 28.2 Å². The van der Waals surface area contributed by atoms with E-state index in [-0.39, 0.29) is 16.9 Å². The molecule has 0 aliphatic carbocycles. The average molecular weight is 527 g/mol. The van der Waals surface area contributed by atoms with Crippen molar-refractivity contribution >= 4 is 49.8 Å². The summed E-state index contributed by atoms with van der Waals surface area (Å²) < 4.78 is 6.35. The minimum Gasteiger partial charge on any atom is -0.506 e. The summed E-state index contributed by atoms with van der Waals surface area (Å²) in [5.41, 5.74) is 0.504. The maximum atomic E-state index is 12.3. The Kier molecular flexibility index (Phi) is 7.98. The SMILES string of the molecule is C[C@H](/C=C/C(=O)O)[C@H](OC(=O)NC(=O)c1ccccc1)c1cc(Br)cc(Br)c1O. The molecule has 29 heavy (non-hydrogen) atoms. The summed E-state index contributed by atoms with van der Waals surface area (Å²) in [5, 5.41) is 21.4. The number of imide groups is 1. The molecule has 9 heteroatoms. The molecule has 0 spiro atoms. The van der Waals surface area contributed by atoms with Gasteiger partial charge in [-0.3, -0.25) is 10.1 Å². The van der Waals surface area contributed by atoms with E-state index in [1.807, 2.05) is 0 Å². The standard InChI is InChI=1S/C20H17Br2NO6/c1-11(7-8-16(24)25)18(14-9-13(21)10-15(22)17(14)26)29-20(28)23-19(27)12-5-3-2-4-6-12/h2-11,18,26H,1H3,(H,24,25)(H,23,27,28)/b8-7+/t11-,18+/m1/s1. The molecular weight excluding hydrogens is 510 g/mol. The second-order valence-electron chi connectivity index (χ2n) is 6.03. The number of nitrogens with one attached hydrogen (secondary N) is 1. The molecule has 0 fully saturated rings. The Balaban J connectivity index is 2.29. The third kappa shape index (κ3) is 6.43. The number of phenolic OH excluding ortho intramolecular Hbond substituents is 1. The van der Waals surface area contributed by atoms with E-state index in [1.54, 1.807) is 37.3 Å². The zero-order valence-corrected chi connectivity index (χ0v) is 18.3. The second kappa shape index (κ2) is 10.2. The smallest absolute Gasteiger partial charge is 0.414 e. The fourth-order valence-electron chi connectivity index (χ4n) is 2.49. The van der Waals surface area contributed by atoms with Crippen LogP contribution >= 0.6 is 31.9 Å². The molecule has 0 heterocycles. The maximum Gasteiger partial charge on any atom is 0.414 e. The first kappa shape index (κ1) is 22.6. The molecule has 3 N–H and O–H groups in total. The molecule has 152 valence electrons. The molecule has 0 unspecified atom stereocenters. The summed E-state index contributed by atoms with van der Waals surface area (Å²) in [6, 6.07) is 11.3. The first-order valence-corrected chi connectivity index (χ1v) is 9.93. The minimum absolute atomic E-state index is 0.170. The summed E-state index contributed by atoms with van der Waals surface area (Å²) in [6.45, 7) is 1.62. The highest BCUT2D eigenvalue weighted by Crippen LogP contribution is 2.39. The lowest BCUT2D eigenvalue weighted by Crippen LogP contribution is -2.33. The zero-order chi connectivity index (χ0) is 21.6. The lowest BCUT2D eigenvalue weighted by molar-refractivity contribution is -0.131. The first-order chi connectivity index (χ1) is 13.7. The van der Waals surface area contributed by atoms with Crippen molar-refractivity contribution in [2.75, 3.05) is 0 Å². The molecule has 0 aromatic heterocycles. The van der Waals surface area contributed by atoms with Crippen molar-refractivity contribution in [3.05, 3.63) is 74.7 Å². The number of carboxylic acids is 1. The quantitative estimate of drug-likeness (QED) is 0.466. The van der Waals surface area contributed by atoms with Crippen LogP contribution in [0.2, 0.25) is 0 Å². The molecule has 2 rings (SSSR count). The van der Waals surface area contributed by atoms with Crippen LogP contribution in [0.4, 0.5) is 4.79 Å². The Hall–Kier alpha value is -2.65. The van der Waals surface area contributed by atoms with Gasteiger partial charge in [-0.05, 0) is 40.2 Å². The molecule has 0 aliphatic heterocycles. The molecule has 2 aromatic carbocycles. The first-order valence-electron chi connectivity index (χ1n) is 8.35. The summed E-state index contributed by atoms with van der Waals surface area (Å²) in [7, 11) is 0.